The Bertz CT molecular complexity index is 273. The van der Waals surface area contributed by atoms with E-state index in [1.165, 1.54) is 17.7 Å². The smallest absolute Gasteiger partial charge is 0.0662 e. The van der Waals surface area contributed by atoms with Crippen molar-refractivity contribution in [3.05, 3.63) is 30.3 Å². The molecule has 76 valence electrons. The number of aliphatic hydroxyl groups is 1. The average Bonchev–Trinajstić information content (AvgIpc) is 2.23. The first-order valence-electron chi connectivity index (χ1n) is 5.26. The lowest BCUT2D eigenvalue weighted by atomic mass is 9.97. The van der Waals surface area contributed by atoms with Crippen molar-refractivity contribution in [1.29, 1.82) is 0 Å². The van der Waals surface area contributed by atoms with E-state index in [0.29, 0.717) is 5.25 Å². The summed E-state index contributed by atoms with van der Waals surface area (Å²) < 4.78 is 0. The van der Waals surface area contributed by atoms with E-state index in [0.717, 1.165) is 12.8 Å². The van der Waals surface area contributed by atoms with E-state index < -0.39 is 0 Å². The minimum atomic E-state index is -0.103. The van der Waals surface area contributed by atoms with Gasteiger partial charge < -0.3 is 5.11 Å². The average molecular weight is 208 g/mol. The Balaban J connectivity index is 1.96. The molecule has 0 spiro atoms. The Labute approximate surface area is 89.5 Å². The second-order valence-corrected chi connectivity index (χ2v) is 5.13. The molecule has 0 bridgehead atoms. The zero-order chi connectivity index (χ0) is 9.80. The fourth-order valence-electron chi connectivity index (χ4n) is 1.89. The highest BCUT2D eigenvalue weighted by Gasteiger charge is 2.23. The predicted octanol–water partition coefficient (Wildman–Crippen LogP) is 3.08. The molecule has 1 aliphatic carbocycles. The number of hydrogen-bond acceptors (Lipinski definition) is 2. The molecule has 1 nitrogen and oxygen atoms in total. The van der Waals surface area contributed by atoms with E-state index in [1.807, 2.05) is 17.8 Å². The van der Waals surface area contributed by atoms with Crippen LogP contribution in [0.15, 0.2) is 35.2 Å². The summed E-state index contributed by atoms with van der Waals surface area (Å²) in [4.78, 5) is 1.28. The van der Waals surface area contributed by atoms with Gasteiger partial charge in [-0.05, 0) is 25.0 Å². The summed E-state index contributed by atoms with van der Waals surface area (Å²) in [6.45, 7) is 0. The molecule has 0 heterocycles. The Hall–Kier alpha value is -0.470. The second kappa shape index (κ2) is 4.85. The molecule has 14 heavy (non-hydrogen) atoms. The number of rotatable bonds is 2. The van der Waals surface area contributed by atoms with Gasteiger partial charge in [0.2, 0.25) is 0 Å². The minimum absolute atomic E-state index is 0.103. The van der Waals surface area contributed by atoms with Gasteiger partial charge in [-0.1, -0.05) is 31.0 Å². The normalized spacial score (nSPS) is 27.5. The highest BCUT2D eigenvalue weighted by atomic mass is 32.2. The molecule has 1 saturated carbocycles. The molecule has 1 fully saturated rings. The standard InChI is InChI=1S/C12H16OS/c13-11-8-4-5-9-12(11)14-10-6-2-1-3-7-10/h1-3,6-7,11-13H,4-5,8-9H2. The third-order valence-corrected chi connectivity index (χ3v) is 4.10. The van der Waals surface area contributed by atoms with E-state index in [-0.39, 0.29) is 6.10 Å². The van der Waals surface area contributed by atoms with Crippen molar-refractivity contribution in [3.63, 3.8) is 0 Å². The Kier molecular flexibility index (Phi) is 3.49. The molecule has 2 unspecified atom stereocenters. The van der Waals surface area contributed by atoms with Gasteiger partial charge in [0.15, 0.2) is 0 Å². The summed E-state index contributed by atoms with van der Waals surface area (Å²) in [6.07, 6.45) is 4.48. The number of hydrogen-bond donors (Lipinski definition) is 1. The molecule has 1 N–H and O–H groups in total. The van der Waals surface area contributed by atoms with Gasteiger partial charge >= 0.3 is 0 Å². The van der Waals surface area contributed by atoms with Crippen LogP contribution in [0.1, 0.15) is 25.7 Å². The Morgan fingerprint density at radius 1 is 1.07 bits per heavy atom. The summed E-state index contributed by atoms with van der Waals surface area (Å²) in [5.41, 5.74) is 0. The zero-order valence-electron chi connectivity index (χ0n) is 8.23. The van der Waals surface area contributed by atoms with Crippen LogP contribution in [0, 0.1) is 0 Å². The molecule has 0 saturated heterocycles. The molecule has 0 amide bonds. The molecule has 1 aromatic carbocycles. The lowest BCUT2D eigenvalue weighted by Gasteiger charge is -2.26. The van der Waals surface area contributed by atoms with Crippen molar-refractivity contribution in [3.8, 4) is 0 Å². The largest absolute Gasteiger partial charge is 0.392 e. The van der Waals surface area contributed by atoms with Gasteiger partial charge in [-0.2, -0.15) is 0 Å². The van der Waals surface area contributed by atoms with Gasteiger partial charge in [-0.3, -0.25) is 0 Å². The SMILES string of the molecule is OC1CCCCC1Sc1ccccc1. The van der Waals surface area contributed by atoms with Gasteiger partial charge in [0.1, 0.15) is 0 Å². The highest BCUT2D eigenvalue weighted by Crippen LogP contribution is 2.33. The van der Waals surface area contributed by atoms with E-state index in [9.17, 15) is 5.11 Å². The molecular weight excluding hydrogens is 192 g/mol. The first-order chi connectivity index (χ1) is 6.86. The van der Waals surface area contributed by atoms with Crippen molar-refractivity contribution in [2.24, 2.45) is 0 Å². The van der Waals surface area contributed by atoms with Crippen LogP contribution in [0.3, 0.4) is 0 Å². The lowest BCUT2D eigenvalue weighted by molar-refractivity contribution is 0.137. The molecular formula is C12H16OS. The second-order valence-electron chi connectivity index (χ2n) is 3.82. The van der Waals surface area contributed by atoms with Crippen LogP contribution >= 0.6 is 11.8 Å². The van der Waals surface area contributed by atoms with Crippen molar-refractivity contribution in [2.75, 3.05) is 0 Å². The predicted molar refractivity (Wildman–Crippen MR) is 60.6 cm³/mol. The van der Waals surface area contributed by atoms with Gasteiger partial charge in [-0.25, -0.2) is 0 Å². The summed E-state index contributed by atoms with van der Waals surface area (Å²) in [5.74, 6) is 0. The van der Waals surface area contributed by atoms with E-state index >= 15 is 0 Å². The summed E-state index contributed by atoms with van der Waals surface area (Å²) in [5, 5.41) is 10.2. The topological polar surface area (TPSA) is 20.2 Å². The van der Waals surface area contributed by atoms with E-state index in [2.05, 4.69) is 24.3 Å². The number of benzene rings is 1. The van der Waals surface area contributed by atoms with Gasteiger partial charge in [-0.15, -0.1) is 11.8 Å². The van der Waals surface area contributed by atoms with Crippen molar-refractivity contribution >= 4 is 11.8 Å². The summed E-state index contributed by atoms with van der Waals surface area (Å²) in [6, 6.07) is 10.4. The molecule has 0 radical (unpaired) electrons. The highest BCUT2D eigenvalue weighted by molar-refractivity contribution is 8.00. The van der Waals surface area contributed by atoms with Crippen LogP contribution in [-0.4, -0.2) is 16.5 Å². The van der Waals surface area contributed by atoms with E-state index in [4.69, 9.17) is 0 Å². The quantitative estimate of drug-likeness (QED) is 0.806. The van der Waals surface area contributed by atoms with Gasteiger partial charge in [0.25, 0.3) is 0 Å². The zero-order valence-corrected chi connectivity index (χ0v) is 9.04. The molecule has 1 aromatic rings. The van der Waals surface area contributed by atoms with Crippen molar-refractivity contribution in [2.45, 2.75) is 41.9 Å². The van der Waals surface area contributed by atoms with Crippen molar-refractivity contribution < 1.29 is 5.11 Å². The fraction of sp³-hybridized carbons (Fsp3) is 0.500. The Morgan fingerprint density at radius 2 is 1.79 bits per heavy atom. The van der Waals surface area contributed by atoms with Crippen LogP contribution in [0.25, 0.3) is 0 Å². The van der Waals surface area contributed by atoms with E-state index in [1.54, 1.807) is 0 Å². The fourth-order valence-corrected chi connectivity index (χ4v) is 3.13. The molecule has 1 aliphatic rings. The molecule has 2 atom stereocenters. The molecule has 2 heteroatoms. The summed E-state index contributed by atoms with van der Waals surface area (Å²) in [7, 11) is 0. The first kappa shape index (κ1) is 10.1. The van der Waals surface area contributed by atoms with Crippen LogP contribution < -0.4 is 0 Å². The summed E-state index contributed by atoms with van der Waals surface area (Å²) >= 11 is 1.82. The molecule has 0 aliphatic heterocycles. The van der Waals surface area contributed by atoms with Crippen LogP contribution in [0.4, 0.5) is 0 Å². The van der Waals surface area contributed by atoms with Gasteiger partial charge in [0, 0.05) is 10.1 Å². The maximum atomic E-state index is 9.81. The minimum Gasteiger partial charge on any atom is -0.392 e. The van der Waals surface area contributed by atoms with Crippen molar-refractivity contribution in [1.82, 2.24) is 0 Å². The van der Waals surface area contributed by atoms with Crippen LogP contribution in [0.5, 0.6) is 0 Å². The maximum Gasteiger partial charge on any atom is 0.0662 e. The molecule has 0 aromatic heterocycles. The lowest BCUT2D eigenvalue weighted by Crippen LogP contribution is -2.26. The number of thioether (sulfide) groups is 1. The first-order valence-corrected chi connectivity index (χ1v) is 6.14. The van der Waals surface area contributed by atoms with Gasteiger partial charge in [0.05, 0.1) is 6.10 Å². The third-order valence-electron chi connectivity index (χ3n) is 2.70. The molecule has 2 rings (SSSR count). The monoisotopic (exact) mass is 208 g/mol. The van der Waals surface area contributed by atoms with Crippen LogP contribution in [-0.2, 0) is 0 Å². The van der Waals surface area contributed by atoms with Crippen LogP contribution in [0.2, 0.25) is 0 Å². The maximum absolute atomic E-state index is 9.81. The third kappa shape index (κ3) is 2.52. The number of aliphatic hydroxyl groups excluding tert-OH is 1. The Morgan fingerprint density at radius 3 is 2.50 bits per heavy atom.